The Morgan fingerprint density at radius 2 is 1.92 bits per heavy atom. The predicted molar refractivity (Wildman–Crippen MR) is 94.9 cm³/mol. The fraction of sp³-hybridized carbons (Fsp3) is 0.300. The molecule has 0 saturated heterocycles. The predicted octanol–water partition coefficient (Wildman–Crippen LogP) is 3.74. The number of amides is 1. The van der Waals surface area contributed by atoms with Gasteiger partial charge in [-0.05, 0) is 42.7 Å². The molecule has 1 heterocycles. The summed E-state index contributed by atoms with van der Waals surface area (Å²) >= 11 is 0. The van der Waals surface area contributed by atoms with Crippen LogP contribution in [0.1, 0.15) is 24.5 Å². The number of Topliss-reactive ketones (excluding diaryl/α,β-unsaturated/α-hetero) is 1. The van der Waals surface area contributed by atoms with Crippen molar-refractivity contribution in [2.75, 3.05) is 12.0 Å². The van der Waals surface area contributed by atoms with Crippen molar-refractivity contribution in [3.8, 4) is 5.75 Å². The highest BCUT2D eigenvalue weighted by Crippen LogP contribution is 2.36. The van der Waals surface area contributed by atoms with Gasteiger partial charge in [0.25, 0.3) is 0 Å². The molecule has 130 valence electrons. The molecule has 0 unspecified atom stereocenters. The van der Waals surface area contributed by atoms with Gasteiger partial charge in [0, 0.05) is 6.42 Å². The second kappa shape index (κ2) is 7.38. The Labute approximate surface area is 147 Å². The number of rotatable bonds is 5. The van der Waals surface area contributed by atoms with E-state index in [1.54, 1.807) is 12.0 Å². The quantitative estimate of drug-likeness (QED) is 0.833. The molecule has 0 fully saturated rings. The smallest absolute Gasteiger partial charge is 0.414 e. The van der Waals surface area contributed by atoms with E-state index in [1.165, 1.54) is 6.92 Å². The molecule has 25 heavy (non-hydrogen) atoms. The monoisotopic (exact) mass is 339 g/mol. The number of methoxy groups -OCH3 is 1. The maximum atomic E-state index is 12.7. The minimum Gasteiger partial charge on any atom is -0.497 e. The first kappa shape index (κ1) is 17.0. The van der Waals surface area contributed by atoms with Gasteiger partial charge in [0.2, 0.25) is 0 Å². The molecule has 2 aromatic carbocycles. The topological polar surface area (TPSA) is 55.8 Å². The Kier molecular flexibility index (Phi) is 5.03. The molecular formula is C20H21NO4. The van der Waals surface area contributed by atoms with E-state index in [4.69, 9.17) is 9.47 Å². The van der Waals surface area contributed by atoms with E-state index >= 15 is 0 Å². The highest BCUT2D eigenvalue weighted by atomic mass is 16.6. The lowest BCUT2D eigenvalue weighted by Crippen LogP contribution is -2.39. The van der Waals surface area contributed by atoms with Crippen LogP contribution in [0, 0.1) is 0 Å². The van der Waals surface area contributed by atoms with Gasteiger partial charge in [-0.25, -0.2) is 4.79 Å². The lowest BCUT2D eigenvalue weighted by molar-refractivity contribution is -0.117. The van der Waals surface area contributed by atoms with Crippen molar-refractivity contribution >= 4 is 17.6 Å². The second-order valence-corrected chi connectivity index (χ2v) is 6.17. The molecule has 0 saturated carbocycles. The molecule has 1 amide bonds. The minimum atomic E-state index is -0.431. The first-order chi connectivity index (χ1) is 12.1. The molecule has 0 radical (unpaired) electrons. The molecule has 0 spiro atoms. The van der Waals surface area contributed by atoms with Gasteiger partial charge in [0.05, 0.1) is 18.8 Å². The number of carbonyl (C=O) groups is 2. The first-order valence-electron chi connectivity index (χ1n) is 8.24. The van der Waals surface area contributed by atoms with E-state index in [2.05, 4.69) is 0 Å². The lowest BCUT2D eigenvalue weighted by atomic mass is 10.1. The minimum absolute atomic E-state index is 0.0469. The van der Waals surface area contributed by atoms with Gasteiger partial charge in [0.1, 0.15) is 18.1 Å². The van der Waals surface area contributed by atoms with Crippen molar-refractivity contribution < 1.29 is 19.1 Å². The number of benzene rings is 2. The van der Waals surface area contributed by atoms with Crippen LogP contribution in [0.25, 0.3) is 0 Å². The molecule has 0 N–H and O–H groups in total. The maximum Gasteiger partial charge on any atom is 0.414 e. The van der Waals surface area contributed by atoms with Gasteiger partial charge in [-0.3, -0.25) is 9.69 Å². The summed E-state index contributed by atoms with van der Waals surface area (Å²) in [6, 6.07) is 14.9. The summed E-state index contributed by atoms with van der Waals surface area (Å²) < 4.78 is 10.7. The van der Waals surface area contributed by atoms with Gasteiger partial charge < -0.3 is 9.47 Å². The zero-order valence-corrected chi connectivity index (χ0v) is 14.4. The van der Waals surface area contributed by atoms with E-state index in [0.717, 1.165) is 22.6 Å². The molecule has 0 aromatic heterocycles. The Bertz CT molecular complexity index is 773. The Morgan fingerprint density at radius 1 is 1.16 bits per heavy atom. The fourth-order valence-corrected chi connectivity index (χ4v) is 3.16. The summed E-state index contributed by atoms with van der Waals surface area (Å²) in [4.78, 5) is 25.9. The summed E-state index contributed by atoms with van der Waals surface area (Å²) in [6.07, 6.45) is 0.489. The van der Waals surface area contributed by atoms with E-state index < -0.39 is 6.09 Å². The van der Waals surface area contributed by atoms with Crippen molar-refractivity contribution in [3.63, 3.8) is 0 Å². The molecule has 5 heteroatoms. The number of carbonyl (C=O) groups excluding carboxylic acids is 2. The summed E-state index contributed by atoms with van der Waals surface area (Å²) in [5, 5.41) is 0. The zero-order chi connectivity index (χ0) is 17.8. The molecule has 0 aliphatic carbocycles. The first-order valence-corrected chi connectivity index (χ1v) is 8.24. The van der Waals surface area contributed by atoms with Crippen LogP contribution >= 0.6 is 0 Å². The summed E-state index contributed by atoms with van der Waals surface area (Å²) in [7, 11) is 1.61. The van der Waals surface area contributed by atoms with Crippen LogP contribution < -0.4 is 9.64 Å². The Hall–Kier alpha value is -2.82. The number of fused-ring (bicyclic) bond motifs is 1. The van der Waals surface area contributed by atoms with Gasteiger partial charge in [0.15, 0.2) is 0 Å². The summed E-state index contributed by atoms with van der Waals surface area (Å²) in [6.45, 7) is 1.74. The third-order valence-electron chi connectivity index (χ3n) is 4.29. The normalized spacial score (nSPS) is 15.6. The molecule has 0 bridgehead atoms. The van der Waals surface area contributed by atoms with E-state index in [-0.39, 0.29) is 18.4 Å². The summed E-state index contributed by atoms with van der Waals surface area (Å²) in [5.74, 6) is 0.783. The number of anilines is 1. The second-order valence-electron chi connectivity index (χ2n) is 6.17. The molecule has 1 aliphatic heterocycles. The van der Waals surface area contributed by atoms with Crippen molar-refractivity contribution in [1.82, 2.24) is 0 Å². The van der Waals surface area contributed by atoms with Crippen LogP contribution in [-0.4, -0.2) is 25.0 Å². The molecule has 1 atom stereocenters. The van der Waals surface area contributed by atoms with Crippen LogP contribution in [0.4, 0.5) is 10.5 Å². The van der Waals surface area contributed by atoms with E-state index in [0.29, 0.717) is 12.8 Å². The van der Waals surface area contributed by atoms with Crippen LogP contribution in [-0.2, 0) is 22.6 Å². The van der Waals surface area contributed by atoms with Crippen LogP contribution in [0.2, 0.25) is 0 Å². The van der Waals surface area contributed by atoms with Crippen molar-refractivity contribution in [2.45, 2.75) is 32.4 Å². The van der Waals surface area contributed by atoms with Crippen LogP contribution in [0.15, 0.2) is 48.5 Å². The van der Waals surface area contributed by atoms with Crippen molar-refractivity contribution in [3.05, 3.63) is 59.7 Å². The number of ketones is 1. The van der Waals surface area contributed by atoms with Crippen molar-refractivity contribution in [1.29, 1.82) is 0 Å². The molecule has 3 rings (SSSR count). The standard InChI is InChI=1S/C20H21NO4/c1-14(22)10-17-11-16-12-18(24-2)8-9-19(16)21(17)20(23)25-13-15-6-4-3-5-7-15/h3-9,12,17H,10-11,13H2,1-2H3/t17-/m0/s1. The van der Waals surface area contributed by atoms with Crippen molar-refractivity contribution in [2.24, 2.45) is 0 Å². The average molecular weight is 339 g/mol. The van der Waals surface area contributed by atoms with E-state index in [1.807, 2.05) is 48.5 Å². The SMILES string of the molecule is COc1ccc2c(c1)C[C@H](CC(C)=O)N2C(=O)OCc1ccccc1. The Balaban J connectivity index is 1.80. The molecule has 2 aromatic rings. The largest absolute Gasteiger partial charge is 0.497 e. The maximum absolute atomic E-state index is 12.7. The Morgan fingerprint density at radius 3 is 2.60 bits per heavy atom. The highest BCUT2D eigenvalue weighted by Gasteiger charge is 2.35. The lowest BCUT2D eigenvalue weighted by Gasteiger charge is -2.24. The molecule has 1 aliphatic rings. The number of ether oxygens (including phenoxy) is 2. The van der Waals surface area contributed by atoms with Gasteiger partial charge in [-0.1, -0.05) is 30.3 Å². The highest BCUT2D eigenvalue weighted by molar-refractivity contribution is 5.93. The molecular weight excluding hydrogens is 318 g/mol. The van der Waals surface area contributed by atoms with Gasteiger partial charge in [-0.15, -0.1) is 0 Å². The van der Waals surface area contributed by atoms with E-state index in [9.17, 15) is 9.59 Å². The van der Waals surface area contributed by atoms with Gasteiger partial charge >= 0.3 is 6.09 Å². The van der Waals surface area contributed by atoms with Crippen LogP contribution in [0.3, 0.4) is 0 Å². The number of nitrogens with zero attached hydrogens (tertiary/aromatic N) is 1. The third-order valence-corrected chi connectivity index (χ3v) is 4.29. The third kappa shape index (κ3) is 3.82. The fourth-order valence-electron chi connectivity index (χ4n) is 3.16. The average Bonchev–Trinajstić information content (AvgIpc) is 2.96. The van der Waals surface area contributed by atoms with Crippen LogP contribution in [0.5, 0.6) is 5.75 Å². The summed E-state index contributed by atoms with van der Waals surface area (Å²) in [5.41, 5.74) is 2.69. The number of hydrogen-bond acceptors (Lipinski definition) is 4. The van der Waals surface area contributed by atoms with Gasteiger partial charge in [-0.2, -0.15) is 0 Å². The molecule has 5 nitrogen and oxygen atoms in total. The zero-order valence-electron chi connectivity index (χ0n) is 14.4. The number of hydrogen-bond donors (Lipinski definition) is 0.